The molecule has 0 spiro atoms. The van der Waals surface area contributed by atoms with Crippen LogP contribution in [0.15, 0.2) is 34.0 Å². The number of nitrogens with zero attached hydrogens (tertiary/aromatic N) is 3. The Morgan fingerprint density at radius 1 is 1.50 bits per heavy atom. The molecule has 1 unspecified atom stereocenters. The Hall–Kier alpha value is -1.44. The highest BCUT2D eigenvalue weighted by molar-refractivity contribution is 9.10. The summed E-state index contributed by atoms with van der Waals surface area (Å²) >= 11 is 11.4. The van der Waals surface area contributed by atoms with Gasteiger partial charge in [0.2, 0.25) is 0 Å². The molecule has 4 nitrogen and oxygen atoms in total. The number of aromatic nitrogens is 3. The van der Waals surface area contributed by atoms with Crippen molar-refractivity contribution in [3.8, 4) is 0 Å². The molecule has 3 aromatic rings. The van der Waals surface area contributed by atoms with Gasteiger partial charge in [-0.25, -0.2) is 8.91 Å². The Morgan fingerprint density at radius 3 is 3.04 bits per heavy atom. The van der Waals surface area contributed by atoms with Gasteiger partial charge in [0.1, 0.15) is 4.60 Å². The molecule has 0 amide bonds. The van der Waals surface area contributed by atoms with Crippen LogP contribution in [0.4, 0.5) is 10.1 Å². The second-order valence-corrected chi connectivity index (χ2v) is 8.24. The molecule has 0 saturated carbocycles. The first kappa shape index (κ1) is 17.9. The molecule has 0 saturated heterocycles. The molecule has 3 heterocycles. The van der Waals surface area contributed by atoms with E-state index in [9.17, 15) is 4.39 Å². The largest absolute Gasteiger partial charge is 0.378 e. The van der Waals surface area contributed by atoms with Crippen molar-refractivity contribution in [3.05, 3.63) is 56.0 Å². The van der Waals surface area contributed by atoms with E-state index >= 15 is 0 Å². The molecule has 0 fully saturated rings. The predicted molar refractivity (Wildman–Crippen MR) is 108 cm³/mol. The molecule has 26 heavy (non-hydrogen) atoms. The fourth-order valence-corrected chi connectivity index (χ4v) is 5.17. The second-order valence-electron chi connectivity index (χ2n) is 6.44. The highest BCUT2D eigenvalue weighted by Crippen LogP contribution is 2.42. The van der Waals surface area contributed by atoms with Crippen molar-refractivity contribution >= 4 is 50.3 Å². The molecule has 0 aromatic carbocycles. The fourth-order valence-electron chi connectivity index (χ4n) is 3.56. The van der Waals surface area contributed by atoms with Gasteiger partial charge in [0.05, 0.1) is 29.3 Å². The number of rotatable bonds is 4. The zero-order chi connectivity index (χ0) is 18.3. The van der Waals surface area contributed by atoms with Gasteiger partial charge in [0.25, 0.3) is 0 Å². The van der Waals surface area contributed by atoms with Gasteiger partial charge in [-0.2, -0.15) is 9.47 Å². The summed E-state index contributed by atoms with van der Waals surface area (Å²) in [5.74, 6) is 0.265. The number of allylic oxidation sites excluding steroid dienone is 2. The van der Waals surface area contributed by atoms with Crippen LogP contribution < -0.4 is 5.32 Å². The summed E-state index contributed by atoms with van der Waals surface area (Å²) < 4.78 is 20.5. The maximum Gasteiger partial charge on any atom is 0.152 e. The Bertz CT molecular complexity index is 983. The van der Waals surface area contributed by atoms with Gasteiger partial charge in [0, 0.05) is 11.4 Å². The van der Waals surface area contributed by atoms with E-state index in [-0.39, 0.29) is 11.7 Å². The summed E-state index contributed by atoms with van der Waals surface area (Å²) in [5.41, 5.74) is 5.21. The molecule has 136 valence electrons. The molecular formula is C18H17BrClFN4S. The van der Waals surface area contributed by atoms with Crippen LogP contribution in [0.3, 0.4) is 0 Å². The first-order valence-electron chi connectivity index (χ1n) is 8.39. The van der Waals surface area contributed by atoms with Gasteiger partial charge in [0.15, 0.2) is 5.15 Å². The Balaban J connectivity index is 1.77. The lowest BCUT2D eigenvalue weighted by Crippen LogP contribution is -2.04. The first-order chi connectivity index (χ1) is 12.5. The van der Waals surface area contributed by atoms with Gasteiger partial charge in [-0.05, 0) is 76.8 Å². The third kappa shape index (κ3) is 3.28. The first-order valence-corrected chi connectivity index (χ1v) is 10.4. The minimum atomic E-state index is -0.00872. The summed E-state index contributed by atoms with van der Waals surface area (Å²) in [6, 6.07) is 3.83. The Morgan fingerprint density at radius 2 is 2.35 bits per heavy atom. The maximum atomic E-state index is 13.4. The lowest BCUT2D eigenvalue weighted by atomic mass is 9.87. The predicted octanol–water partition coefficient (Wildman–Crippen LogP) is 6.25. The van der Waals surface area contributed by atoms with Gasteiger partial charge < -0.3 is 5.32 Å². The summed E-state index contributed by atoms with van der Waals surface area (Å²) in [4.78, 5) is 0. The van der Waals surface area contributed by atoms with Crippen molar-refractivity contribution in [2.45, 2.75) is 38.6 Å². The molecule has 0 aliphatic heterocycles. The SMILES string of the molecule is Cc1c(C2CC=C(F)CC2)c(Br)n2nc(Cl)cc(NCc3ccsn3)c12. The topological polar surface area (TPSA) is 42.2 Å². The maximum absolute atomic E-state index is 13.4. The van der Waals surface area contributed by atoms with Gasteiger partial charge >= 0.3 is 0 Å². The molecule has 1 aliphatic rings. The average Bonchev–Trinajstić information content (AvgIpc) is 3.22. The average molecular weight is 456 g/mol. The van der Waals surface area contributed by atoms with E-state index in [0.717, 1.165) is 33.5 Å². The lowest BCUT2D eigenvalue weighted by molar-refractivity contribution is 0.495. The van der Waals surface area contributed by atoms with Gasteiger partial charge in [-0.15, -0.1) is 0 Å². The minimum Gasteiger partial charge on any atom is -0.378 e. The number of nitrogens with one attached hydrogen (secondary N) is 1. The fraction of sp³-hybridized carbons (Fsp3) is 0.333. The molecule has 1 aliphatic carbocycles. The molecule has 4 rings (SSSR count). The van der Waals surface area contributed by atoms with Crippen LogP contribution in [0.2, 0.25) is 5.15 Å². The monoisotopic (exact) mass is 454 g/mol. The molecule has 1 N–H and O–H groups in total. The number of hydrogen-bond donors (Lipinski definition) is 1. The van der Waals surface area contributed by atoms with Crippen LogP contribution in [0.25, 0.3) is 5.52 Å². The summed E-state index contributed by atoms with van der Waals surface area (Å²) in [5, 5.41) is 10.3. The highest BCUT2D eigenvalue weighted by atomic mass is 79.9. The van der Waals surface area contributed by atoms with Crippen LogP contribution in [-0.4, -0.2) is 14.0 Å². The van der Waals surface area contributed by atoms with E-state index in [0.29, 0.717) is 24.5 Å². The van der Waals surface area contributed by atoms with E-state index in [4.69, 9.17) is 11.6 Å². The molecule has 3 aromatic heterocycles. The van der Waals surface area contributed by atoms with Crippen molar-refractivity contribution in [2.75, 3.05) is 5.32 Å². The molecule has 1 atom stereocenters. The van der Waals surface area contributed by atoms with Crippen LogP contribution in [-0.2, 0) is 6.54 Å². The van der Waals surface area contributed by atoms with E-state index < -0.39 is 0 Å². The van der Waals surface area contributed by atoms with Crippen molar-refractivity contribution in [1.82, 2.24) is 14.0 Å². The third-order valence-electron chi connectivity index (χ3n) is 4.81. The highest BCUT2D eigenvalue weighted by Gasteiger charge is 2.26. The van der Waals surface area contributed by atoms with Gasteiger partial charge in [-0.1, -0.05) is 17.7 Å². The van der Waals surface area contributed by atoms with E-state index in [2.05, 4.69) is 37.6 Å². The standard InChI is InChI=1S/C18H17BrClFN4S/c1-10-16(11-2-4-12(21)5-3-11)18(19)25-17(10)14(8-15(20)23-25)22-9-13-6-7-26-24-13/h4,6-8,11,22H,2-3,5,9H2,1H3. The quantitative estimate of drug-likeness (QED) is 0.506. The molecule has 0 bridgehead atoms. The van der Waals surface area contributed by atoms with Crippen molar-refractivity contribution in [1.29, 1.82) is 0 Å². The zero-order valence-corrected chi connectivity index (χ0v) is 17.3. The van der Waals surface area contributed by atoms with E-state index in [1.807, 2.05) is 22.0 Å². The number of hydrogen-bond acceptors (Lipinski definition) is 4. The number of halogens is 3. The zero-order valence-electron chi connectivity index (χ0n) is 14.1. The number of anilines is 1. The number of fused-ring (bicyclic) bond motifs is 1. The summed E-state index contributed by atoms with van der Waals surface area (Å²) in [6.45, 7) is 2.71. The molecule has 8 heteroatoms. The Labute approximate surface area is 168 Å². The second kappa shape index (κ2) is 7.29. The summed E-state index contributed by atoms with van der Waals surface area (Å²) in [6.07, 6.45) is 3.70. The van der Waals surface area contributed by atoms with Crippen LogP contribution in [0.5, 0.6) is 0 Å². The lowest BCUT2D eigenvalue weighted by Gasteiger charge is -2.19. The summed E-state index contributed by atoms with van der Waals surface area (Å²) in [7, 11) is 0. The van der Waals surface area contributed by atoms with Crippen molar-refractivity contribution in [2.24, 2.45) is 0 Å². The Kier molecular flexibility index (Phi) is 5.03. The normalized spacial score (nSPS) is 17.5. The van der Waals surface area contributed by atoms with E-state index in [1.54, 1.807) is 6.08 Å². The van der Waals surface area contributed by atoms with E-state index in [1.165, 1.54) is 17.1 Å². The van der Waals surface area contributed by atoms with Crippen LogP contribution in [0, 0.1) is 6.92 Å². The number of aryl methyl sites for hydroxylation is 1. The van der Waals surface area contributed by atoms with Crippen LogP contribution >= 0.6 is 39.1 Å². The minimum absolute atomic E-state index is 0.00872. The van der Waals surface area contributed by atoms with Gasteiger partial charge in [-0.3, -0.25) is 0 Å². The van der Waals surface area contributed by atoms with Crippen molar-refractivity contribution < 1.29 is 4.39 Å². The van der Waals surface area contributed by atoms with Crippen LogP contribution in [0.1, 0.15) is 42.0 Å². The molecule has 0 radical (unpaired) electrons. The molecular weight excluding hydrogens is 439 g/mol. The smallest absolute Gasteiger partial charge is 0.152 e. The third-order valence-corrected chi connectivity index (χ3v) is 6.35. The van der Waals surface area contributed by atoms with Crippen molar-refractivity contribution in [3.63, 3.8) is 0 Å².